The Kier molecular flexibility index (Phi) is 4.84. The second kappa shape index (κ2) is 5.98. The molecule has 7 nitrogen and oxygen atoms in total. The molecule has 106 valence electrons. The third kappa shape index (κ3) is 3.65. The summed E-state index contributed by atoms with van der Waals surface area (Å²) < 4.78 is 30.0. The number of aromatic nitrogens is 1. The fourth-order valence-electron chi connectivity index (χ4n) is 1.48. The number of nitrogens with two attached hydrogens (primary N) is 1. The quantitative estimate of drug-likeness (QED) is 0.770. The Morgan fingerprint density at radius 3 is 2.63 bits per heavy atom. The molecular formula is C11H17N3O4S. The van der Waals surface area contributed by atoms with Crippen LogP contribution in [0.15, 0.2) is 23.2 Å². The van der Waals surface area contributed by atoms with Gasteiger partial charge >= 0.3 is 5.97 Å². The molecule has 1 rings (SSSR count). The summed E-state index contributed by atoms with van der Waals surface area (Å²) in [5, 5.41) is 0. The van der Waals surface area contributed by atoms with Gasteiger partial charge in [0.2, 0.25) is 10.0 Å². The van der Waals surface area contributed by atoms with Crippen molar-refractivity contribution in [3.05, 3.63) is 18.3 Å². The van der Waals surface area contributed by atoms with Gasteiger partial charge in [-0.1, -0.05) is 6.92 Å². The molecule has 1 heterocycles. The van der Waals surface area contributed by atoms with Crippen LogP contribution in [0.3, 0.4) is 0 Å². The lowest BCUT2D eigenvalue weighted by Gasteiger charge is -2.19. The van der Waals surface area contributed by atoms with Gasteiger partial charge in [-0.15, -0.1) is 0 Å². The lowest BCUT2D eigenvalue weighted by molar-refractivity contribution is -0.144. The van der Waals surface area contributed by atoms with Crippen LogP contribution in [-0.2, 0) is 19.6 Å². The Hall–Kier alpha value is -1.67. The minimum atomic E-state index is -3.69. The van der Waals surface area contributed by atoms with Crippen LogP contribution in [0, 0.1) is 5.92 Å². The van der Waals surface area contributed by atoms with Gasteiger partial charge in [0.05, 0.1) is 13.0 Å². The molecule has 0 spiro atoms. The van der Waals surface area contributed by atoms with Gasteiger partial charge in [-0.05, 0) is 12.1 Å². The molecule has 2 N–H and O–H groups in total. The lowest BCUT2D eigenvalue weighted by atomic mass is 10.2. The molecule has 0 aliphatic carbocycles. The number of pyridine rings is 1. The first-order valence-corrected chi connectivity index (χ1v) is 6.98. The number of nitrogens with zero attached hydrogens (tertiary/aromatic N) is 2. The molecule has 19 heavy (non-hydrogen) atoms. The molecule has 1 unspecified atom stereocenters. The van der Waals surface area contributed by atoms with E-state index >= 15 is 0 Å². The van der Waals surface area contributed by atoms with Crippen LogP contribution >= 0.6 is 0 Å². The van der Waals surface area contributed by atoms with Crippen LogP contribution < -0.4 is 5.73 Å². The van der Waals surface area contributed by atoms with Crippen molar-refractivity contribution >= 4 is 21.8 Å². The van der Waals surface area contributed by atoms with Crippen LogP contribution in [0.1, 0.15) is 6.92 Å². The highest BCUT2D eigenvalue weighted by Gasteiger charge is 2.25. The number of hydrogen-bond donors (Lipinski definition) is 1. The Morgan fingerprint density at radius 1 is 1.53 bits per heavy atom. The number of carbonyl (C=O) groups is 1. The first-order chi connectivity index (χ1) is 8.78. The van der Waals surface area contributed by atoms with Crippen LogP contribution in [0.25, 0.3) is 0 Å². The molecule has 0 aliphatic heterocycles. The van der Waals surface area contributed by atoms with E-state index in [0.717, 1.165) is 4.31 Å². The minimum Gasteiger partial charge on any atom is -0.469 e. The molecular weight excluding hydrogens is 270 g/mol. The Labute approximate surface area is 112 Å². The molecule has 0 aliphatic rings. The zero-order valence-corrected chi connectivity index (χ0v) is 11.8. The number of carbonyl (C=O) groups excluding carboxylic acids is 1. The second-order valence-corrected chi connectivity index (χ2v) is 6.17. The fourth-order valence-corrected chi connectivity index (χ4v) is 2.69. The summed E-state index contributed by atoms with van der Waals surface area (Å²) in [6.45, 7) is 1.62. The highest BCUT2D eigenvalue weighted by molar-refractivity contribution is 7.89. The maximum Gasteiger partial charge on any atom is 0.309 e. The lowest BCUT2D eigenvalue weighted by Crippen LogP contribution is -2.34. The van der Waals surface area contributed by atoms with E-state index in [2.05, 4.69) is 9.72 Å². The molecule has 1 aromatic rings. The van der Waals surface area contributed by atoms with E-state index < -0.39 is 21.9 Å². The van der Waals surface area contributed by atoms with E-state index in [0.29, 0.717) is 0 Å². The number of rotatable bonds is 5. The minimum absolute atomic E-state index is 0.0272. The van der Waals surface area contributed by atoms with Crippen molar-refractivity contribution in [1.29, 1.82) is 0 Å². The summed E-state index contributed by atoms with van der Waals surface area (Å²) in [5.41, 5.74) is 5.40. The largest absolute Gasteiger partial charge is 0.469 e. The molecule has 1 atom stereocenters. The third-order valence-electron chi connectivity index (χ3n) is 2.60. The summed E-state index contributed by atoms with van der Waals surface area (Å²) >= 11 is 0. The van der Waals surface area contributed by atoms with E-state index in [-0.39, 0.29) is 17.3 Å². The average Bonchev–Trinajstić information content (AvgIpc) is 2.38. The molecule has 1 aromatic heterocycles. The second-order valence-electron chi connectivity index (χ2n) is 4.13. The van der Waals surface area contributed by atoms with E-state index in [1.54, 1.807) is 6.92 Å². The Balaban J connectivity index is 2.88. The van der Waals surface area contributed by atoms with Gasteiger partial charge in [-0.2, -0.15) is 0 Å². The molecule has 0 bridgehead atoms. The van der Waals surface area contributed by atoms with Gasteiger partial charge in [-0.25, -0.2) is 17.7 Å². The van der Waals surface area contributed by atoms with Gasteiger partial charge in [0.25, 0.3) is 0 Å². The first kappa shape index (κ1) is 15.4. The van der Waals surface area contributed by atoms with Gasteiger partial charge in [0.1, 0.15) is 10.7 Å². The van der Waals surface area contributed by atoms with Crippen molar-refractivity contribution in [1.82, 2.24) is 9.29 Å². The SMILES string of the molecule is COC(=O)C(C)CN(C)S(=O)(=O)c1ccc(N)nc1. The third-order valence-corrected chi connectivity index (χ3v) is 4.41. The number of anilines is 1. The number of sulfonamides is 1. The number of methoxy groups -OCH3 is 1. The van der Waals surface area contributed by atoms with Crippen molar-refractivity contribution in [3.63, 3.8) is 0 Å². The molecule has 0 radical (unpaired) electrons. The van der Waals surface area contributed by atoms with Crippen molar-refractivity contribution in [3.8, 4) is 0 Å². The molecule has 0 amide bonds. The van der Waals surface area contributed by atoms with Crippen molar-refractivity contribution in [2.24, 2.45) is 5.92 Å². The summed E-state index contributed by atoms with van der Waals surface area (Å²) in [7, 11) is -1.03. The molecule has 0 saturated heterocycles. The van der Waals surface area contributed by atoms with Gasteiger partial charge in [-0.3, -0.25) is 4.79 Å². The van der Waals surface area contributed by atoms with Crippen LogP contribution in [0.4, 0.5) is 5.82 Å². The number of ether oxygens (including phenoxy) is 1. The predicted octanol–water partition coefficient (Wildman–Crippen LogP) is 0.0934. The monoisotopic (exact) mass is 287 g/mol. The van der Waals surface area contributed by atoms with E-state index in [1.807, 2.05) is 0 Å². The van der Waals surface area contributed by atoms with E-state index in [1.165, 1.54) is 32.5 Å². The maximum atomic E-state index is 12.2. The average molecular weight is 287 g/mol. The molecule has 0 saturated carbocycles. The Morgan fingerprint density at radius 2 is 2.16 bits per heavy atom. The van der Waals surface area contributed by atoms with Gasteiger partial charge in [0, 0.05) is 19.8 Å². The fraction of sp³-hybridized carbons (Fsp3) is 0.455. The normalized spacial score (nSPS) is 13.3. The van der Waals surface area contributed by atoms with Crippen LogP contribution in [0.5, 0.6) is 0 Å². The molecule has 0 fully saturated rings. The Bertz CT molecular complexity index is 542. The number of nitrogen functional groups attached to an aromatic ring is 1. The van der Waals surface area contributed by atoms with E-state index in [9.17, 15) is 13.2 Å². The summed E-state index contributed by atoms with van der Waals surface area (Å²) in [6.07, 6.45) is 1.18. The zero-order valence-electron chi connectivity index (χ0n) is 11.0. The van der Waals surface area contributed by atoms with E-state index in [4.69, 9.17) is 5.73 Å². The molecule has 0 aromatic carbocycles. The first-order valence-electron chi connectivity index (χ1n) is 5.54. The smallest absolute Gasteiger partial charge is 0.309 e. The summed E-state index contributed by atoms with van der Waals surface area (Å²) in [5.74, 6) is -0.770. The zero-order chi connectivity index (χ0) is 14.6. The van der Waals surface area contributed by atoms with Crippen molar-refractivity contribution < 1.29 is 17.9 Å². The van der Waals surface area contributed by atoms with Crippen LogP contribution in [-0.4, -0.2) is 44.4 Å². The van der Waals surface area contributed by atoms with Crippen LogP contribution in [0.2, 0.25) is 0 Å². The topological polar surface area (TPSA) is 103 Å². The summed E-state index contributed by atoms with van der Waals surface area (Å²) in [4.78, 5) is 15.1. The van der Waals surface area contributed by atoms with Crippen molar-refractivity contribution in [2.45, 2.75) is 11.8 Å². The number of hydrogen-bond acceptors (Lipinski definition) is 6. The molecule has 8 heteroatoms. The van der Waals surface area contributed by atoms with Crippen molar-refractivity contribution in [2.75, 3.05) is 26.4 Å². The number of esters is 1. The predicted molar refractivity (Wildman–Crippen MR) is 69.6 cm³/mol. The maximum absolute atomic E-state index is 12.2. The van der Waals surface area contributed by atoms with Gasteiger partial charge in [0.15, 0.2) is 0 Å². The summed E-state index contributed by atoms with van der Waals surface area (Å²) in [6, 6.07) is 2.78. The highest BCUT2D eigenvalue weighted by atomic mass is 32.2. The van der Waals surface area contributed by atoms with Gasteiger partial charge < -0.3 is 10.5 Å². The highest BCUT2D eigenvalue weighted by Crippen LogP contribution is 2.15. The standard InChI is InChI=1S/C11H17N3O4S/c1-8(11(15)18-3)7-14(2)19(16,17)9-4-5-10(12)13-6-9/h4-6,8H,7H2,1-3H3,(H2,12,13).